The van der Waals surface area contributed by atoms with E-state index < -0.39 is 32.5 Å². The van der Waals surface area contributed by atoms with Gasteiger partial charge < -0.3 is 29.1 Å². The highest BCUT2D eigenvalue weighted by Gasteiger charge is 2.20. The minimum absolute atomic E-state index is 0.121. The summed E-state index contributed by atoms with van der Waals surface area (Å²) in [5, 5.41) is 0. The largest absolute Gasteiger partial charge is 0.756 e. The van der Waals surface area contributed by atoms with E-state index in [-0.39, 0.29) is 32.6 Å². The number of hydrogen-bond acceptors (Lipinski definition) is 8. The molecule has 0 fully saturated rings. The van der Waals surface area contributed by atoms with Gasteiger partial charge in [-0.05, 0) is 0 Å². The van der Waals surface area contributed by atoms with Crippen LogP contribution in [0.15, 0.2) is 0 Å². The Morgan fingerprint density at radius 2 is 1.59 bits per heavy atom. The summed E-state index contributed by atoms with van der Waals surface area (Å²) < 4.78 is 30.8. The van der Waals surface area contributed by atoms with Crippen LogP contribution in [0.2, 0.25) is 0 Å². The molecular formula is C17H26NO8P. The van der Waals surface area contributed by atoms with Crippen molar-refractivity contribution >= 4 is 19.8 Å². The topological polar surface area (TPSA) is 139 Å². The zero-order valence-corrected chi connectivity index (χ0v) is 16.5. The number of quaternary nitrogens is 1. The lowest BCUT2D eigenvalue weighted by atomic mass is 10.3. The van der Waals surface area contributed by atoms with E-state index in [9.17, 15) is 19.0 Å². The Morgan fingerprint density at radius 3 is 2.15 bits per heavy atom. The smallest absolute Gasteiger partial charge is 0.318 e. The molecule has 10 heteroatoms. The quantitative estimate of drug-likeness (QED) is 0.284. The fraction of sp³-hybridized carbons (Fsp3) is 0.647. The molecule has 0 saturated carbocycles. The number of carbonyl (C=O) groups is 2. The van der Waals surface area contributed by atoms with Gasteiger partial charge in [-0.3, -0.25) is 14.2 Å². The van der Waals surface area contributed by atoms with Gasteiger partial charge in [-0.1, -0.05) is 25.7 Å². The molecule has 0 bridgehead atoms. The molecular weight excluding hydrogens is 377 g/mol. The zero-order valence-electron chi connectivity index (χ0n) is 15.7. The van der Waals surface area contributed by atoms with Crippen molar-refractivity contribution in [2.75, 3.05) is 26.4 Å². The molecule has 0 aromatic heterocycles. The third-order valence-electron chi connectivity index (χ3n) is 2.61. The lowest BCUT2D eigenvalue weighted by molar-refractivity contribution is -0.373. The first-order valence-corrected chi connectivity index (χ1v) is 9.96. The predicted octanol–water partition coefficient (Wildman–Crippen LogP) is -0.208. The second-order valence-corrected chi connectivity index (χ2v) is 6.40. The van der Waals surface area contributed by atoms with Crippen molar-refractivity contribution in [3.05, 3.63) is 0 Å². The first-order chi connectivity index (χ1) is 12.8. The molecule has 1 unspecified atom stereocenters. The van der Waals surface area contributed by atoms with Crippen LogP contribution in [0.4, 0.5) is 0 Å². The van der Waals surface area contributed by atoms with Crippen LogP contribution in [0.5, 0.6) is 0 Å². The van der Waals surface area contributed by atoms with Crippen LogP contribution in [0.25, 0.3) is 0 Å². The van der Waals surface area contributed by atoms with Crippen LogP contribution >= 0.6 is 7.82 Å². The van der Waals surface area contributed by atoms with Gasteiger partial charge in [-0.25, -0.2) is 0 Å². The summed E-state index contributed by atoms with van der Waals surface area (Å²) in [4.78, 5) is 34.9. The van der Waals surface area contributed by atoms with Crippen LogP contribution < -0.4 is 10.6 Å². The Labute approximate surface area is 159 Å². The van der Waals surface area contributed by atoms with Gasteiger partial charge in [-0.2, -0.15) is 0 Å². The van der Waals surface area contributed by atoms with Crippen molar-refractivity contribution < 1.29 is 43.3 Å². The van der Waals surface area contributed by atoms with Gasteiger partial charge in [0.25, 0.3) is 7.82 Å². The van der Waals surface area contributed by atoms with Crippen LogP contribution in [0.1, 0.15) is 39.5 Å². The van der Waals surface area contributed by atoms with Gasteiger partial charge >= 0.3 is 11.9 Å². The molecule has 0 radical (unpaired) electrons. The molecule has 0 amide bonds. The second kappa shape index (κ2) is 15.2. The molecule has 27 heavy (non-hydrogen) atoms. The van der Waals surface area contributed by atoms with E-state index in [0.717, 1.165) is 0 Å². The summed E-state index contributed by atoms with van der Waals surface area (Å²) in [7, 11) is -4.57. The van der Waals surface area contributed by atoms with Crippen LogP contribution in [-0.2, 0) is 32.7 Å². The Morgan fingerprint density at radius 1 is 1.00 bits per heavy atom. The SMILES string of the molecule is CCC#CCC(=O)OC[C@H](COP(=O)([O-])OCC[NH3+])OC(=O)CC#CCC. The molecule has 9 nitrogen and oxygen atoms in total. The number of phosphoric ester groups is 1. The van der Waals surface area contributed by atoms with E-state index in [1.807, 2.05) is 13.8 Å². The summed E-state index contributed by atoms with van der Waals surface area (Å²) in [6.07, 6.45) is -0.238. The van der Waals surface area contributed by atoms with E-state index in [2.05, 4.69) is 38.5 Å². The standard InChI is InChI=1S/C17H26NO8P/c1-3-5-7-9-16(19)23-13-15(26-17(20)10-8-6-4-2)14-25-27(21,22)24-12-11-18/h15H,3-4,9-14,18H2,1-2H3,(H,21,22)/t15-/m1/s1. The maximum absolute atomic E-state index is 11.8. The fourth-order valence-corrected chi connectivity index (χ4v) is 2.26. The minimum Gasteiger partial charge on any atom is -0.756 e. The van der Waals surface area contributed by atoms with E-state index in [1.165, 1.54) is 0 Å². The molecule has 0 aliphatic rings. The monoisotopic (exact) mass is 403 g/mol. The third kappa shape index (κ3) is 14.9. The molecule has 152 valence electrons. The molecule has 0 aliphatic heterocycles. The number of hydrogen-bond donors (Lipinski definition) is 1. The number of esters is 2. The molecule has 0 saturated heterocycles. The van der Waals surface area contributed by atoms with Crippen molar-refractivity contribution in [2.45, 2.75) is 45.6 Å². The molecule has 2 atom stereocenters. The number of phosphoric acid groups is 1. The normalized spacial score (nSPS) is 13.2. The van der Waals surface area contributed by atoms with Crippen molar-refractivity contribution in [1.82, 2.24) is 0 Å². The van der Waals surface area contributed by atoms with E-state index in [1.54, 1.807) is 0 Å². The van der Waals surface area contributed by atoms with Gasteiger partial charge in [0.05, 0.1) is 13.2 Å². The van der Waals surface area contributed by atoms with Gasteiger partial charge in [0.15, 0.2) is 6.10 Å². The molecule has 0 rings (SSSR count). The van der Waals surface area contributed by atoms with Gasteiger partial charge in [0, 0.05) is 12.8 Å². The summed E-state index contributed by atoms with van der Waals surface area (Å²) >= 11 is 0. The number of rotatable bonds is 11. The van der Waals surface area contributed by atoms with Crippen molar-refractivity contribution in [2.24, 2.45) is 0 Å². The first-order valence-electron chi connectivity index (χ1n) is 8.50. The third-order valence-corrected chi connectivity index (χ3v) is 3.57. The first kappa shape index (κ1) is 25.1. The highest BCUT2D eigenvalue weighted by Crippen LogP contribution is 2.38. The lowest BCUT2D eigenvalue weighted by Crippen LogP contribution is -2.52. The number of carbonyl (C=O) groups excluding carboxylic acids is 2. The summed E-state index contributed by atoms with van der Waals surface area (Å²) in [5.74, 6) is 9.32. The predicted molar refractivity (Wildman–Crippen MR) is 93.5 cm³/mol. The van der Waals surface area contributed by atoms with Crippen LogP contribution in [0.3, 0.4) is 0 Å². The molecule has 0 heterocycles. The highest BCUT2D eigenvalue weighted by atomic mass is 31.2. The lowest BCUT2D eigenvalue weighted by Gasteiger charge is -2.25. The summed E-state index contributed by atoms with van der Waals surface area (Å²) in [6.45, 7) is 2.83. The Bertz CT molecular complexity index is 628. The van der Waals surface area contributed by atoms with Crippen LogP contribution in [0, 0.1) is 23.7 Å². The number of ether oxygens (including phenoxy) is 2. The minimum atomic E-state index is -4.57. The van der Waals surface area contributed by atoms with Crippen molar-refractivity contribution in [1.29, 1.82) is 0 Å². The Kier molecular flexibility index (Phi) is 14.2. The average Bonchev–Trinajstić information content (AvgIpc) is 2.63. The highest BCUT2D eigenvalue weighted by molar-refractivity contribution is 7.45. The van der Waals surface area contributed by atoms with Crippen molar-refractivity contribution in [3.8, 4) is 23.7 Å². The Hall–Kier alpha value is -1.87. The fourth-order valence-electron chi connectivity index (χ4n) is 1.49. The summed E-state index contributed by atoms with van der Waals surface area (Å²) in [5.41, 5.74) is 3.45. The second-order valence-electron chi connectivity index (χ2n) is 4.99. The van der Waals surface area contributed by atoms with Gasteiger partial charge in [-0.15, -0.1) is 11.8 Å². The molecule has 0 aromatic carbocycles. The van der Waals surface area contributed by atoms with E-state index in [0.29, 0.717) is 12.8 Å². The maximum Gasteiger partial charge on any atom is 0.318 e. The molecule has 0 spiro atoms. The average molecular weight is 403 g/mol. The maximum atomic E-state index is 11.8. The zero-order chi connectivity index (χ0) is 20.5. The summed E-state index contributed by atoms with van der Waals surface area (Å²) in [6, 6.07) is 0. The van der Waals surface area contributed by atoms with E-state index >= 15 is 0 Å². The van der Waals surface area contributed by atoms with E-state index in [4.69, 9.17) is 9.47 Å². The van der Waals surface area contributed by atoms with Crippen molar-refractivity contribution in [3.63, 3.8) is 0 Å². The van der Waals surface area contributed by atoms with Gasteiger partial charge in [0.1, 0.15) is 26.1 Å². The molecule has 0 aromatic rings. The van der Waals surface area contributed by atoms with Gasteiger partial charge in [0.2, 0.25) is 0 Å². The van der Waals surface area contributed by atoms with Crippen LogP contribution in [-0.4, -0.2) is 44.4 Å². The molecule has 3 N–H and O–H groups in total. The Balaban J connectivity index is 4.71. The molecule has 0 aliphatic carbocycles.